The van der Waals surface area contributed by atoms with Crippen molar-refractivity contribution in [1.29, 1.82) is 0 Å². The number of ether oxygens (including phenoxy) is 2. The van der Waals surface area contributed by atoms with Crippen molar-refractivity contribution >= 4 is 34.4 Å². The lowest BCUT2D eigenvalue weighted by Gasteiger charge is -2.17. The van der Waals surface area contributed by atoms with Gasteiger partial charge in [0.25, 0.3) is 0 Å². The number of para-hydroxylation sites is 1. The number of carbonyl (C=O) groups excluding carboxylic acids is 2. The molecular weight excluding hydrogens is 444 g/mol. The van der Waals surface area contributed by atoms with Crippen LogP contribution >= 0.6 is 11.6 Å². The number of amides is 1. The maximum atomic E-state index is 12.6. The lowest BCUT2D eigenvalue weighted by Crippen LogP contribution is -2.30. The second-order valence-electron chi connectivity index (χ2n) is 8.28. The number of nitrogens with zero attached hydrogens (tertiary/aromatic N) is 1. The Kier molecular flexibility index (Phi) is 6.54. The van der Waals surface area contributed by atoms with Crippen molar-refractivity contribution < 1.29 is 24.3 Å². The van der Waals surface area contributed by atoms with E-state index >= 15 is 0 Å². The van der Waals surface area contributed by atoms with Crippen LogP contribution in [0.5, 0.6) is 5.75 Å². The Balaban J connectivity index is 1.51. The van der Waals surface area contributed by atoms with E-state index < -0.39 is 23.2 Å². The third-order valence-electron chi connectivity index (χ3n) is 6.01. The molecule has 33 heavy (non-hydrogen) atoms. The molecule has 0 radical (unpaired) electrons. The standard InChI is InChI=1S/C25H25ClN2O5/c1-3-32-24(30)25(13-19(25)23(29)28-31)12-16-8-9-22(20(26)11-16)33-14-17-10-15(2)27-21-7-5-4-6-18(17)21/h4-11,19,31H,3,12-14H2,1-2H3,(H,28,29)/t19?,25-/m0/s1. The van der Waals surface area contributed by atoms with E-state index in [1.165, 1.54) is 0 Å². The number of nitrogens with one attached hydrogen (secondary N) is 1. The van der Waals surface area contributed by atoms with Gasteiger partial charge in [0.2, 0.25) is 5.91 Å². The highest BCUT2D eigenvalue weighted by Crippen LogP contribution is 2.56. The minimum absolute atomic E-state index is 0.213. The number of halogens is 1. The average Bonchev–Trinajstić information content (AvgIpc) is 3.53. The van der Waals surface area contributed by atoms with Crippen LogP contribution < -0.4 is 10.2 Å². The quantitative estimate of drug-likeness (QED) is 0.289. The van der Waals surface area contributed by atoms with Gasteiger partial charge in [0.1, 0.15) is 12.4 Å². The van der Waals surface area contributed by atoms with Gasteiger partial charge in [-0.05, 0) is 56.5 Å². The van der Waals surface area contributed by atoms with Gasteiger partial charge < -0.3 is 9.47 Å². The molecule has 1 aliphatic carbocycles. The zero-order valence-corrected chi connectivity index (χ0v) is 19.2. The van der Waals surface area contributed by atoms with E-state index in [2.05, 4.69) is 4.98 Å². The molecule has 7 nitrogen and oxygen atoms in total. The number of rotatable bonds is 8. The first-order valence-electron chi connectivity index (χ1n) is 10.8. The molecular formula is C25H25ClN2O5. The smallest absolute Gasteiger partial charge is 0.313 e. The highest BCUT2D eigenvalue weighted by atomic mass is 35.5. The van der Waals surface area contributed by atoms with Crippen LogP contribution in [-0.2, 0) is 27.4 Å². The fraction of sp³-hybridized carbons (Fsp3) is 0.320. The van der Waals surface area contributed by atoms with Crippen molar-refractivity contribution in [2.45, 2.75) is 33.3 Å². The molecule has 4 rings (SSSR count). The normalized spacial score (nSPS) is 19.2. The van der Waals surface area contributed by atoms with E-state index in [4.69, 9.17) is 26.3 Å². The fourth-order valence-electron chi connectivity index (χ4n) is 4.30. The molecule has 1 heterocycles. The molecule has 1 unspecified atom stereocenters. The summed E-state index contributed by atoms with van der Waals surface area (Å²) in [5, 5.41) is 10.4. The van der Waals surface area contributed by atoms with Crippen LogP contribution in [0, 0.1) is 18.3 Å². The van der Waals surface area contributed by atoms with Crippen LogP contribution in [0.1, 0.15) is 30.2 Å². The summed E-state index contributed by atoms with van der Waals surface area (Å²) in [7, 11) is 0. The summed E-state index contributed by atoms with van der Waals surface area (Å²) < 4.78 is 11.2. The highest BCUT2D eigenvalue weighted by molar-refractivity contribution is 6.32. The third-order valence-corrected chi connectivity index (χ3v) is 6.31. The summed E-state index contributed by atoms with van der Waals surface area (Å²) >= 11 is 6.49. The maximum Gasteiger partial charge on any atom is 0.313 e. The number of hydrogen-bond acceptors (Lipinski definition) is 6. The molecule has 0 spiro atoms. The molecule has 2 N–H and O–H groups in total. The molecule has 0 aliphatic heterocycles. The first-order chi connectivity index (χ1) is 15.9. The summed E-state index contributed by atoms with van der Waals surface area (Å²) in [6, 6.07) is 15.2. The largest absolute Gasteiger partial charge is 0.487 e. The number of aromatic nitrogens is 1. The van der Waals surface area contributed by atoms with Crippen molar-refractivity contribution in [3.8, 4) is 5.75 Å². The third kappa shape index (κ3) is 4.65. The summed E-state index contributed by atoms with van der Waals surface area (Å²) in [5.74, 6) is -1.16. The Morgan fingerprint density at radius 1 is 1.24 bits per heavy atom. The highest BCUT2D eigenvalue weighted by Gasteiger charge is 2.64. The predicted molar refractivity (Wildman–Crippen MR) is 123 cm³/mol. The monoisotopic (exact) mass is 468 g/mol. The van der Waals surface area contributed by atoms with E-state index in [1.54, 1.807) is 24.5 Å². The summed E-state index contributed by atoms with van der Waals surface area (Å²) in [5.41, 5.74) is 4.24. The van der Waals surface area contributed by atoms with E-state index in [9.17, 15) is 9.59 Å². The van der Waals surface area contributed by atoms with Gasteiger partial charge in [-0.3, -0.25) is 19.8 Å². The van der Waals surface area contributed by atoms with Crippen molar-refractivity contribution in [2.75, 3.05) is 6.61 Å². The van der Waals surface area contributed by atoms with Gasteiger partial charge in [0.15, 0.2) is 0 Å². The molecule has 3 aromatic rings. The Labute approximate surface area is 196 Å². The summed E-state index contributed by atoms with van der Waals surface area (Å²) in [6.45, 7) is 4.20. The summed E-state index contributed by atoms with van der Waals surface area (Å²) in [4.78, 5) is 29.0. The van der Waals surface area contributed by atoms with Crippen LogP contribution in [0.15, 0.2) is 48.5 Å². The Morgan fingerprint density at radius 3 is 2.76 bits per heavy atom. The zero-order valence-electron chi connectivity index (χ0n) is 18.4. The minimum Gasteiger partial charge on any atom is -0.487 e. The predicted octanol–water partition coefficient (Wildman–Crippen LogP) is 4.39. The molecule has 172 valence electrons. The molecule has 0 saturated heterocycles. The second kappa shape index (κ2) is 9.37. The number of carbonyl (C=O) groups is 2. The topological polar surface area (TPSA) is 97.8 Å². The molecule has 1 saturated carbocycles. The number of fused-ring (bicyclic) bond motifs is 1. The fourth-order valence-corrected chi connectivity index (χ4v) is 4.56. The molecule has 2 atom stereocenters. The lowest BCUT2D eigenvalue weighted by atomic mass is 9.93. The number of hydrogen-bond donors (Lipinski definition) is 2. The molecule has 8 heteroatoms. The molecule has 0 bridgehead atoms. The van der Waals surface area contributed by atoms with E-state index in [1.807, 2.05) is 43.3 Å². The van der Waals surface area contributed by atoms with Crippen molar-refractivity contribution in [1.82, 2.24) is 10.5 Å². The van der Waals surface area contributed by atoms with Crippen LogP contribution in [0.3, 0.4) is 0 Å². The maximum absolute atomic E-state index is 12.6. The van der Waals surface area contributed by atoms with Crippen LogP contribution in [0.25, 0.3) is 10.9 Å². The molecule has 1 aliphatic rings. The van der Waals surface area contributed by atoms with Crippen LogP contribution in [0.2, 0.25) is 5.02 Å². The molecule has 2 aromatic carbocycles. The molecule has 1 amide bonds. The van der Waals surface area contributed by atoms with Gasteiger partial charge >= 0.3 is 5.97 Å². The summed E-state index contributed by atoms with van der Waals surface area (Å²) in [6.07, 6.45) is 0.584. The van der Waals surface area contributed by atoms with Crippen LogP contribution in [-0.4, -0.2) is 28.7 Å². The lowest BCUT2D eigenvalue weighted by molar-refractivity contribution is -0.152. The molecule has 1 fully saturated rings. The van der Waals surface area contributed by atoms with Gasteiger partial charge in [0, 0.05) is 16.6 Å². The van der Waals surface area contributed by atoms with Gasteiger partial charge in [-0.1, -0.05) is 35.9 Å². The number of aryl methyl sites for hydroxylation is 1. The molecule has 1 aromatic heterocycles. The Morgan fingerprint density at radius 2 is 2.03 bits per heavy atom. The van der Waals surface area contributed by atoms with E-state index in [-0.39, 0.29) is 13.0 Å². The van der Waals surface area contributed by atoms with E-state index in [0.29, 0.717) is 23.8 Å². The average molecular weight is 469 g/mol. The van der Waals surface area contributed by atoms with Crippen molar-refractivity contribution in [2.24, 2.45) is 11.3 Å². The first kappa shape index (κ1) is 23.0. The first-order valence-corrected chi connectivity index (χ1v) is 11.1. The van der Waals surface area contributed by atoms with Crippen molar-refractivity contribution in [3.63, 3.8) is 0 Å². The minimum atomic E-state index is -0.998. The zero-order chi connectivity index (χ0) is 23.6. The number of esters is 1. The van der Waals surface area contributed by atoms with Gasteiger partial charge in [0.05, 0.1) is 28.5 Å². The van der Waals surface area contributed by atoms with Gasteiger partial charge in [-0.2, -0.15) is 0 Å². The second-order valence-corrected chi connectivity index (χ2v) is 8.69. The van der Waals surface area contributed by atoms with Crippen LogP contribution in [0.4, 0.5) is 0 Å². The number of hydroxylamine groups is 1. The van der Waals surface area contributed by atoms with Gasteiger partial charge in [-0.25, -0.2) is 5.48 Å². The Bertz CT molecular complexity index is 1210. The van der Waals surface area contributed by atoms with E-state index in [0.717, 1.165) is 27.7 Å². The number of benzene rings is 2. The van der Waals surface area contributed by atoms with Crippen molar-refractivity contribution in [3.05, 3.63) is 70.4 Å². The SMILES string of the molecule is CCOC(=O)[C@@]1(Cc2ccc(OCc3cc(C)nc4ccccc34)c(Cl)c2)CC1C(=O)NO. The van der Waals surface area contributed by atoms with Gasteiger partial charge in [-0.15, -0.1) is 0 Å². The number of pyridine rings is 1. The Hall–Kier alpha value is -3.16.